The van der Waals surface area contributed by atoms with Crippen molar-refractivity contribution in [3.05, 3.63) is 71.8 Å². The Morgan fingerprint density at radius 3 is 1.83 bits per heavy atom. The first-order valence-corrected chi connectivity index (χ1v) is 12.6. The molecule has 7 nitrogen and oxygen atoms in total. The van der Waals surface area contributed by atoms with E-state index in [1.54, 1.807) is 20.8 Å². The van der Waals surface area contributed by atoms with Crippen molar-refractivity contribution in [2.24, 2.45) is 0 Å². The van der Waals surface area contributed by atoms with Crippen molar-refractivity contribution in [2.75, 3.05) is 12.4 Å². The zero-order chi connectivity index (χ0) is 26.1. The Hall–Kier alpha value is -3.00. The van der Waals surface area contributed by atoms with Gasteiger partial charge in [0.25, 0.3) is 0 Å². The molecule has 8 heteroatoms. The van der Waals surface area contributed by atoms with Crippen LogP contribution in [0.2, 0.25) is 0 Å². The number of alkyl carbamates (subject to hydrolysis) is 1. The number of ether oxygens (including phenoxy) is 1. The Kier molecular flexibility index (Phi) is 10.2. The normalized spacial score (nSPS) is 12.5. The standard InChI is InChI=1S/C27H37N3O4S/c1-19(31)29-18-35-27(5,6)23(30-25(33)34-26(2,3)4)24(32)28-17-22(20-13-9-7-10-14-20)21-15-11-8-12-16-21/h7-16,22-23H,17-18H2,1-6H3,(H,28,32)(H,29,31)(H,30,33)/t23-/m1/s1. The summed E-state index contributed by atoms with van der Waals surface area (Å²) in [5.74, 6) is -0.242. The fourth-order valence-electron chi connectivity index (χ4n) is 3.49. The molecule has 0 bridgehead atoms. The second kappa shape index (κ2) is 12.6. The molecule has 0 aromatic heterocycles. The number of thioether (sulfide) groups is 1. The van der Waals surface area contributed by atoms with Crippen LogP contribution in [0.3, 0.4) is 0 Å². The lowest BCUT2D eigenvalue weighted by molar-refractivity contribution is -0.123. The van der Waals surface area contributed by atoms with Gasteiger partial charge in [-0.25, -0.2) is 4.79 Å². The summed E-state index contributed by atoms with van der Waals surface area (Å²) in [6, 6.07) is 19.1. The second-order valence-corrected chi connectivity index (χ2v) is 11.5. The van der Waals surface area contributed by atoms with Gasteiger partial charge in [-0.15, -0.1) is 11.8 Å². The molecule has 2 rings (SSSR count). The van der Waals surface area contributed by atoms with Crippen molar-refractivity contribution >= 4 is 29.7 Å². The molecule has 0 aliphatic rings. The number of benzene rings is 2. The van der Waals surface area contributed by atoms with Gasteiger partial charge in [-0.05, 0) is 45.7 Å². The van der Waals surface area contributed by atoms with Crippen molar-refractivity contribution in [1.82, 2.24) is 16.0 Å². The van der Waals surface area contributed by atoms with E-state index in [0.29, 0.717) is 12.4 Å². The van der Waals surface area contributed by atoms with E-state index < -0.39 is 22.5 Å². The topological polar surface area (TPSA) is 96.5 Å². The molecule has 0 heterocycles. The van der Waals surface area contributed by atoms with Gasteiger partial charge in [0.05, 0.1) is 5.88 Å². The molecule has 0 aliphatic carbocycles. The molecule has 0 spiro atoms. The predicted molar refractivity (Wildman–Crippen MR) is 141 cm³/mol. The maximum Gasteiger partial charge on any atom is 0.408 e. The highest BCUT2D eigenvalue weighted by atomic mass is 32.2. The highest BCUT2D eigenvalue weighted by molar-refractivity contribution is 8.00. The van der Waals surface area contributed by atoms with E-state index in [0.717, 1.165) is 11.1 Å². The molecular formula is C27H37N3O4S. The highest BCUT2D eigenvalue weighted by Crippen LogP contribution is 2.29. The summed E-state index contributed by atoms with van der Waals surface area (Å²) in [5, 5.41) is 8.52. The minimum Gasteiger partial charge on any atom is -0.444 e. The molecule has 2 aromatic rings. The van der Waals surface area contributed by atoms with Crippen LogP contribution in [0, 0.1) is 0 Å². The Morgan fingerprint density at radius 1 is 0.857 bits per heavy atom. The van der Waals surface area contributed by atoms with Crippen molar-refractivity contribution in [3.8, 4) is 0 Å². The molecule has 3 N–H and O–H groups in total. The molecule has 190 valence electrons. The van der Waals surface area contributed by atoms with E-state index in [-0.39, 0.29) is 17.7 Å². The van der Waals surface area contributed by atoms with E-state index in [1.165, 1.54) is 18.7 Å². The molecule has 3 amide bonds. The molecule has 1 atom stereocenters. The van der Waals surface area contributed by atoms with Crippen molar-refractivity contribution in [2.45, 2.75) is 63.9 Å². The number of nitrogens with one attached hydrogen (secondary N) is 3. The molecule has 0 radical (unpaired) electrons. The van der Waals surface area contributed by atoms with Gasteiger partial charge in [0.1, 0.15) is 11.6 Å². The number of rotatable bonds is 10. The smallest absolute Gasteiger partial charge is 0.408 e. The van der Waals surface area contributed by atoms with E-state index in [2.05, 4.69) is 16.0 Å². The van der Waals surface area contributed by atoms with Crippen LogP contribution in [-0.2, 0) is 14.3 Å². The lowest BCUT2D eigenvalue weighted by Gasteiger charge is -2.34. The minimum atomic E-state index is -0.900. The first-order valence-electron chi connectivity index (χ1n) is 11.6. The van der Waals surface area contributed by atoms with E-state index in [9.17, 15) is 14.4 Å². The molecule has 0 fully saturated rings. The lowest BCUT2D eigenvalue weighted by atomic mass is 9.91. The van der Waals surface area contributed by atoms with Crippen LogP contribution in [-0.4, -0.2) is 46.7 Å². The fraction of sp³-hybridized carbons (Fsp3) is 0.444. The highest BCUT2D eigenvalue weighted by Gasteiger charge is 2.38. The van der Waals surface area contributed by atoms with Gasteiger partial charge in [-0.3, -0.25) is 9.59 Å². The van der Waals surface area contributed by atoms with E-state index >= 15 is 0 Å². The van der Waals surface area contributed by atoms with Gasteiger partial charge >= 0.3 is 6.09 Å². The summed E-state index contributed by atoms with van der Waals surface area (Å²) in [6.45, 7) is 10.8. The summed E-state index contributed by atoms with van der Waals surface area (Å²) >= 11 is 1.37. The summed E-state index contributed by atoms with van der Waals surface area (Å²) < 4.78 is 4.67. The van der Waals surface area contributed by atoms with Crippen molar-refractivity contribution in [1.29, 1.82) is 0 Å². The quantitative estimate of drug-likeness (QED) is 0.420. The number of carbonyl (C=O) groups excluding carboxylic acids is 3. The number of hydrogen-bond acceptors (Lipinski definition) is 5. The molecular weight excluding hydrogens is 462 g/mol. The maximum atomic E-state index is 13.5. The molecule has 2 aromatic carbocycles. The zero-order valence-electron chi connectivity index (χ0n) is 21.4. The van der Waals surface area contributed by atoms with E-state index in [1.807, 2.05) is 74.5 Å². The predicted octanol–water partition coefficient (Wildman–Crippen LogP) is 4.43. The first kappa shape index (κ1) is 28.2. The molecule has 0 unspecified atom stereocenters. The average Bonchev–Trinajstić information content (AvgIpc) is 2.77. The third-order valence-electron chi connectivity index (χ3n) is 5.27. The van der Waals surface area contributed by atoms with Crippen LogP contribution < -0.4 is 16.0 Å². The summed E-state index contributed by atoms with van der Waals surface area (Å²) in [7, 11) is 0. The Labute approximate surface area is 212 Å². The van der Waals surface area contributed by atoms with Gasteiger partial charge in [0, 0.05) is 24.1 Å². The molecule has 35 heavy (non-hydrogen) atoms. The fourth-order valence-corrected chi connectivity index (χ4v) is 4.47. The molecule has 0 saturated heterocycles. The molecule has 0 aliphatic heterocycles. The van der Waals surface area contributed by atoms with Gasteiger partial charge < -0.3 is 20.7 Å². The van der Waals surface area contributed by atoms with Crippen LogP contribution in [0.25, 0.3) is 0 Å². The average molecular weight is 500 g/mol. The van der Waals surface area contributed by atoms with Gasteiger partial charge in [-0.1, -0.05) is 60.7 Å². The van der Waals surface area contributed by atoms with Gasteiger partial charge in [0.2, 0.25) is 11.8 Å². The monoisotopic (exact) mass is 499 g/mol. The summed E-state index contributed by atoms with van der Waals surface area (Å²) in [4.78, 5) is 37.4. The Bertz CT molecular complexity index is 935. The Morgan fingerprint density at radius 2 is 1.37 bits per heavy atom. The van der Waals surface area contributed by atoms with E-state index in [4.69, 9.17) is 4.74 Å². The van der Waals surface area contributed by atoms with Gasteiger partial charge in [-0.2, -0.15) is 0 Å². The van der Waals surface area contributed by atoms with Crippen LogP contribution in [0.15, 0.2) is 60.7 Å². The number of hydrogen-bond donors (Lipinski definition) is 3. The summed E-state index contributed by atoms with van der Waals surface area (Å²) in [5.41, 5.74) is 1.45. The largest absolute Gasteiger partial charge is 0.444 e. The third-order valence-corrected chi connectivity index (χ3v) is 6.54. The Balaban J connectivity index is 2.23. The van der Waals surface area contributed by atoms with Crippen molar-refractivity contribution in [3.63, 3.8) is 0 Å². The molecule has 0 saturated carbocycles. The van der Waals surface area contributed by atoms with Crippen LogP contribution in [0.1, 0.15) is 58.6 Å². The van der Waals surface area contributed by atoms with Crippen LogP contribution in [0.5, 0.6) is 0 Å². The first-order chi connectivity index (χ1) is 16.4. The number of carbonyl (C=O) groups is 3. The number of amides is 3. The van der Waals surface area contributed by atoms with Crippen molar-refractivity contribution < 1.29 is 19.1 Å². The SMILES string of the molecule is CC(=O)NCSC(C)(C)[C@H](NC(=O)OC(C)(C)C)C(=O)NCC(c1ccccc1)c1ccccc1. The second-order valence-electron chi connectivity index (χ2n) is 9.82. The van der Waals surface area contributed by atoms with Crippen LogP contribution >= 0.6 is 11.8 Å². The lowest BCUT2D eigenvalue weighted by Crippen LogP contribution is -2.57. The van der Waals surface area contributed by atoms with Gasteiger partial charge in [0.15, 0.2) is 0 Å². The zero-order valence-corrected chi connectivity index (χ0v) is 22.2. The third kappa shape index (κ3) is 9.64. The maximum absolute atomic E-state index is 13.5. The van der Waals surface area contributed by atoms with Crippen LogP contribution in [0.4, 0.5) is 4.79 Å². The minimum absolute atomic E-state index is 0.0568. The summed E-state index contributed by atoms with van der Waals surface area (Å²) in [6.07, 6.45) is -0.673.